The number of nitrogens with zero attached hydrogens (tertiary/aromatic N) is 4. The summed E-state index contributed by atoms with van der Waals surface area (Å²) in [4.78, 5) is 3.54. The number of fused-ring (bicyclic) bond motifs is 2. The van der Waals surface area contributed by atoms with Crippen molar-refractivity contribution in [3.63, 3.8) is 0 Å². The van der Waals surface area contributed by atoms with Gasteiger partial charge in [0.15, 0.2) is 0 Å². The molecule has 0 saturated heterocycles. The number of benzene rings is 3. The quantitative estimate of drug-likeness (QED) is 0.367. The van der Waals surface area contributed by atoms with Crippen molar-refractivity contribution < 1.29 is 0 Å². The second kappa shape index (κ2) is 7.41. The number of nitrogens with one attached hydrogen (secondary N) is 1. The summed E-state index contributed by atoms with van der Waals surface area (Å²) in [6, 6.07) is 26.3. The highest BCUT2D eigenvalue weighted by atomic mass is 35.5. The lowest BCUT2D eigenvalue weighted by Gasteiger charge is -2.14. The number of H-pyrrole nitrogens is 1. The molecule has 0 atom stereocenters. The molecule has 2 aromatic heterocycles. The molecule has 1 aliphatic rings. The monoisotopic (exact) mass is 441 g/mol. The van der Waals surface area contributed by atoms with E-state index in [1.54, 1.807) is 11.8 Å². The minimum absolute atomic E-state index is 0.682. The van der Waals surface area contributed by atoms with E-state index in [1.807, 2.05) is 59.3 Å². The Morgan fingerprint density at radius 3 is 2.39 bits per heavy atom. The normalized spacial score (nSPS) is 13.3. The van der Waals surface area contributed by atoms with E-state index in [0.717, 1.165) is 49.9 Å². The van der Waals surface area contributed by atoms with Crippen LogP contribution in [-0.2, 0) is 0 Å². The largest absolute Gasteiger partial charge is 0.351 e. The van der Waals surface area contributed by atoms with Gasteiger partial charge >= 0.3 is 0 Å². The van der Waals surface area contributed by atoms with Crippen LogP contribution in [0.5, 0.6) is 0 Å². The third-order valence-corrected chi connectivity index (χ3v) is 6.49. The zero-order chi connectivity index (χ0) is 20.8. The Balaban J connectivity index is 1.59. The first-order valence-corrected chi connectivity index (χ1v) is 11.2. The molecule has 0 aliphatic carbocycles. The molecule has 31 heavy (non-hydrogen) atoms. The lowest BCUT2D eigenvalue weighted by atomic mass is 10.0. The van der Waals surface area contributed by atoms with Gasteiger partial charge in [0.2, 0.25) is 11.0 Å². The molecule has 5 aromatic rings. The fourth-order valence-corrected chi connectivity index (χ4v) is 4.90. The van der Waals surface area contributed by atoms with E-state index in [4.69, 9.17) is 16.7 Å². The molecule has 0 fully saturated rings. The Labute approximate surface area is 187 Å². The molecule has 0 radical (unpaired) electrons. The van der Waals surface area contributed by atoms with Gasteiger partial charge in [-0.3, -0.25) is 0 Å². The molecule has 0 spiro atoms. The van der Waals surface area contributed by atoms with Crippen LogP contribution in [0.4, 0.5) is 0 Å². The average Bonchev–Trinajstić information content (AvgIpc) is 3.40. The van der Waals surface area contributed by atoms with Crippen LogP contribution >= 0.6 is 23.4 Å². The SMILES string of the molecule is Clc1ccc2[nH]c(-c3nnc4n3N=C(c3ccccc3)CS4)c(-c3ccccc3)c2c1. The Morgan fingerprint density at radius 2 is 1.61 bits per heavy atom. The van der Waals surface area contributed by atoms with Crippen LogP contribution in [0.1, 0.15) is 5.56 Å². The summed E-state index contributed by atoms with van der Waals surface area (Å²) in [5.74, 6) is 1.44. The summed E-state index contributed by atoms with van der Waals surface area (Å²) in [5.41, 5.74) is 6.10. The van der Waals surface area contributed by atoms with Crippen molar-refractivity contribution in [1.29, 1.82) is 0 Å². The topological polar surface area (TPSA) is 58.9 Å². The molecule has 5 nitrogen and oxygen atoms in total. The number of halogens is 1. The minimum Gasteiger partial charge on any atom is -0.351 e. The Morgan fingerprint density at radius 1 is 0.871 bits per heavy atom. The Bertz CT molecular complexity index is 1440. The summed E-state index contributed by atoms with van der Waals surface area (Å²) in [6.07, 6.45) is 0. The standard InChI is InChI=1S/C24H16ClN5S/c25-17-11-12-19-18(13-17)21(16-9-5-2-6-10-16)22(26-19)23-27-28-24-30(23)29-20(14-31-24)15-7-3-1-4-8-15/h1-13,26H,14H2. The van der Waals surface area contributed by atoms with Crippen molar-refractivity contribution in [1.82, 2.24) is 19.9 Å². The smallest absolute Gasteiger partial charge is 0.212 e. The van der Waals surface area contributed by atoms with Gasteiger partial charge in [-0.25, -0.2) is 0 Å². The van der Waals surface area contributed by atoms with Gasteiger partial charge < -0.3 is 4.98 Å². The van der Waals surface area contributed by atoms with Gasteiger partial charge in [0.05, 0.1) is 11.4 Å². The van der Waals surface area contributed by atoms with Crippen molar-refractivity contribution in [2.45, 2.75) is 5.16 Å². The molecule has 3 aromatic carbocycles. The van der Waals surface area contributed by atoms with E-state index in [0.29, 0.717) is 10.8 Å². The van der Waals surface area contributed by atoms with E-state index in [2.05, 4.69) is 39.4 Å². The molecule has 0 unspecified atom stereocenters. The van der Waals surface area contributed by atoms with Gasteiger partial charge in [0.25, 0.3) is 0 Å². The van der Waals surface area contributed by atoms with Crippen LogP contribution in [0.25, 0.3) is 33.5 Å². The van der Waals surface area contributed by atoms with Gasteiger partial charge in [0.1, 0.15) is 0 Å². The molecule has 0 saturated carbocycles. The molecule has 0 bridgehead atoms. The molecular formula is C24H16ClN5S. The van der Waals surface area contributed by atoms with Gasteiger partial charge in [-0.2, -0.15) is 9.78 Å². The third kappa shape index (κ3) is 3.15. The van der Waals surface area contributed by atoms with Crippen molar-refractivity contribution in [3.05, 3.63) is 89.4 Å². The van der Waals surface area contributed by atoms with Crippen LogP contribution in [0, 0.1) is 0 Å². The number of hydrogen-bond donors (Lipinski definition) is 1. The van der Waals surface area contributed by atoms with Gasteiger partial charge in [-0.05, 0) is 29.3 Å². The maximum Gasteiger partial charge on any atom is 0.212 e. The van der Waals surface area contributed by atoms with Gasteiger partial charge in [-0.1, -0.05) is 84.0 Å². The molecule has 7 heteroatoms. The number of hydrogen-bond acceptors (Lipinski definition) is 4. The molecule has 3 heterocycles. The summed E-state index contributed by atoms with van der Waals surface area (Å²) < 4.78 is 1.84. The van der Waals surface area contributed by atoms with Crippen LogP contribution in [0.2, 0.25) is 5.02 Å². The number of rotatable bonds is 3. The van der Waals surface area contributed by atoms with Gasteiger partial charge in [-0.15, -0.1) is 10.2 Å². The summed E-state index contributed by atoms with van der Waals surface area (Å²) in [5, 5.41) is 16.4. The van der Waals surface area contributed by atoms with Crippen LogP contribution < -0.4 is 0 Å². The maximum absolute atomic E-state index is 6.34. The zero-order valence-corrected chi connectivity index (χ0v) is 17.9. The first-order valence-electron chi connectivity index (χ1n) is 9.86. The maximum atomic E-state index is 6.34. The van der Waals surface area contributed by atoms with Crippen molar-refractivity contribution in [3.8, 4) is 22.6 Å². The molecule has 6 rings (SSSR count). The lowest BCUT2D eigenvalue weighted by Crippen LogP contribution is -2.13. The van der Waals surface area contributed by atoms with E-state index in [1.165, 1.54) is 0 Å². The highest BCUT2D eigenvalue weighted by molar-refractivity contribution is 7.99. The van der Waals surface area contributed by atoms with E-state index >= 15 is 0 Å². The summed E-state index contributed by atoms with van der Waals surface area (Å²) in [7, 11) is 0. The fraction of sp³-hybridized carbons (Fsp3) is 0.0417. The van der Waals surface area contributed by atoms with E-state index in [9.17, 15) is 0 Å². The predicted octanol–water partition coefficient (Wildman–Crippen LogP) is 6.10. The first kappa shape index (κ1) is 18.4. The van der Waals surface area contributed by atoms with Crippen LogP contribution in [-0.4, -0.2) is 31.3 Å². The Hall–Kier alpha value is -3.35. The molecular weight excluding hydrogens is 426 g/mol. The number of aromatic nitrogens is 4. The van der Waals surface area contributed by atoms with Gasteiger partial charge in [0, 0.05) is 27.2 Å². The number of thioether (sulfide) groups is 1. The zero-order valence-electron chi connectivity index (χ0n) is 16.3. The van der Waals surface area contributed by atoms with Crippen LogP contribution in [0.15, 0.2) is 89.1 Å². The molecule has 150 valence electrons. The molecule has 1 aliphatic heterocycles. The van der Waals surface area contributed by atoms with Crippen molar-refractivity contribution in [2.24, 2.45) is 5.10 Å². The third-order valence-electron chi connectivity index (χ3n) is 5.32. The van der Waals surface area contributed by atoms with E-state index in [-0.39, 0.29) is 0 Å². The lowest BCUT2D eigenvalue weighted by molar-refractivity contribution is 0.761. The minimum atomic E-state index is 0.682. The van der Waals surface area contributed by atoms with Crippen LogP contribution in [0.3, 0.4) is 0 Å². The number of aromatic amines is 1. The van der Waals surface area contributed by atoms with Crippen molar-refractivity contribution >= 4 is 40.0 Å². The first-order chi connectivity index (χ1) is 15.3. The molecule has 0 amide bonds. The fourth-order valence-electron chi connectivity index (χ4n) is 3.89. The molecule has 1 N–H and O–H groups in total. The van der Waals surface area contributed by atoms with Crippen molar-refractivity contribution in [2.75, 3.05) is 5.75 Å². The highest BCUT2D eigenvalue weighted by Crippen LogP contribution is 2.40. The highest BCUT2D eigenvalue weighted by Gasteiger charge is 2.25. The second-order valence-electron chi connectivity index (χ2n) is 7.25. The summed E-state index contributed by atoms with van der Waals surface area (Å²) in [6.45, 7) is 0. The van der Waals surface area contributed by atoms with E-state index < -0.39 is 0 Å². The average molecular weight is 442 g/mol. The predicted molar refractivity (Wildman–Crippen MR) is 127 cm³/mol. The summed E-state index contributed by atoms with van der Waals surface area (Å²) >= 11 is 7.98. The Kier molecular flexibility index (Phi) is 4.40. The second-order valence-corrected chi connectivity index (χ2v) is 8.63.